The quantitative estimate of drug-likeness (QED) is 0.742. The number of hydrogen-bond acceptors (Lipinski definition) is 3. The molecule has 0 spiro atoms. The van der Waals surface area contributed by atoms with Crippen LogP contribution in [0.3, 0.4) is 0 Å². The van der Waals surface area contributed by atoms with E-state index >= 15 is 0 Å². The number of carbonyl (C=O) groups excluding carboxylic acids is 2. The maximum Gasteiger partial charge on any atom is 0.305 e. The summed E-state index contributed by atoms with van der Waals surface area (Å²) < 4.78 is 0. The molecule has 1 rings (SSSR count). The summed E-state index contributed by atoms with van der Waals surface area (Å²) in [6, 6.07) is 4.59. The normalized spacial score (nSPS) is 11.0. The van der Waals surface area contributed by atoms with Crippen molar-refractivity contribution in [2.45, 2.75) is 33.6 Å². The van der Waals surface area contributed by atoms with E-state index in [0.717, 1.165) is 0 Å². The number of hydrogen-bond donors (Lipinski definition) is 3. The molecule has 0 radical (unpaired) electrons. The molecule has 0 saturated carbocycles. The molecule has 0 aliphatic rings. The second-order valence-electron chi connectivity index (χ2n) is 6.38. The Balaban J connectivity index is 2.77. The first-order valence-corrected chi connectivity index (χ1v) is 7.56. The zero-order valence-electron chi connectivity index (χ0n) is 13.4. The Kier molecular flexibility index (Phi) is 6.57. The number of benzene rings is 1. The second-order valence-corrected chi connectivity index (χ2v) is 6.79. The summed E-state index contributed by atoms with van der Waals surface area (Å²) in [7, 11) is 0. The van der Waals surface area contributed by atoms with Gasteiger partial charge >= 0.3 is 5.97 Å². The summed E-state index contributed by atoms with van der Waals surface area (Å²) in [4.78, 5) is 34.4. The van der Waals surface area contributed by atoms with Gasteiger partial charge in [0, 0.05) is 18.7 Å². The van der Waals surface area contributed by atoms with Gasteiger partial charge < -0.3 is 15.7 Å². The van der Waals surface area contributed by atoms with Crippen LogP contribution in [0.1, 0.15) is 44.0 Å². The van der Waals surface area contributed by atoms with Crippen molar-refractivity contribution in [1.82, 2.24) is 5.32 Å². The second kappa shape index (κ2) is 7.97. The lowest BCUT2D eigenvalue weighted by Crippen LogP contribution is -2.26. The molecule has 0 aliphatic heterocycles. The molecule has 23 heavy (non-hydrogen) atoms. The van der Waals surface area contributed by atoms with Crippen LogP contribution in [0.5, 0.6) is 0 Å². The van der Waals surface area contributed by atoms with Crippen LogP contribution in [-0.4, -0.2) is 29.4 Å². The van der Waals surface area contributed by atoms with Crippen molar-refractivity contribution in [3.05, 3.63) is 28.8 Å². The highest BCUT2D eigenvalue weighted by atomic mass is 35.5. The molecule has 0 saturated heterocycles. The van der Waals surface area contributed by atoms with Crippen LogP contribution in [0.15, 0.2) is 18.2 Å². The molecular formula is C16H21ClN2O4. The third-order valence-corrected chi connectivity index (χ3v) is 3.14. The van der Waals surface area contributed by atoms with E-state index in [9.17, 15) is 14.4 Å². The van der Waals surface area contributed by atoms with E-state index in [4.69, 9.17) is 16.7 Å². The minimum absolute atomic E-state index is 0.00507. The first-order chi connectivity index (χ1) is 10.6. The molecular weight excluding hydrogens is 320 g/mol. The van der Waals surface area contributed by atoms with E-state index < -0.39 is 11.9 Å². The lowest BCUT2D eigenvalue weighted by molar-refractivity contribution is -0.136. The number of nitrogens with one attached hydrogen (secondary N) is 2. The fourth-order valence-corrected chi connectivity index (χ4v) is 2.05. The van der Waals surface area contributed by atoms with Gasteiger partial charge in [-0.25, -0.2) is 0 Å². The molecule has 0 unspecified atom stereocenters. The maximum atomic E-state index is 12.0. The highest BCUT2D eigenvalue weighted by Crippen LogP contribution is 2.23. The van der Waals surface area contributed by atoms with E-state index in [1.807, 2.05) is 20.8 Å². The number of anilines is 1. The van der Waals surface area contributed by atoms with E-state index in [1.54, 1.807) is 6.07 Å². The van der Waals surface area contributed by atoms with Crippen molar-refractivity contribution >= 4 is 35.1 Å². The van der Waals surface area contributed by atoms with Crippen LogP contribution >= 0.6 is 11.6 Å². The van der Waals surface area contributed by atoms with E-state index in [0.29, 0.717) is 12.1 Å². The van der Waals surface area contributed by atoms with E-state index in [1.165, 1.54) is 12.1 Å². The van der Waals surface area contributed by atoms with Gasteiger partial charge in [0.05, 0.1) is 17.0 Å². The standard InChI is InChI=1S/C16H21ClN2O4/c1-16(2,3)9-13(20)19-10-4-5-12(17)11(8-10)15(23)18-7-6-14(21)22/h4-5,8H,6-7,9H2,1-3H3,(H,18,23)(H,19,20)(H,21,22). The predicted octanol–water partition coefficient (Wildman–Crippen LogP) is 2.92. The van der Waals surface area contributed by atoms with Gasteiger partial charge in [0.1, 0.15) is 0 Å². The number of aliphatic carboxylic acids is 1. The molecule has 2 amide bonds. The van der Waals surface area contributed by atoms with Crippen molar-refractivity contribution in [1.29, 1.82) is 0 Å². The molecule has 1 aromatic carbocycles. The molecule has 0 bridgehead atoms. The zero-order chi connectivity index (χ0) is 17.6. The van der Waals surface area contributed by atoms with Gasteiger partial charge in [-0.15, -0.1) is 0 Å². The van der Waals surface area contributed by atoms with Crippen molar-refractivity contribution in [3.63, 3.8) is 0 Å². The molecule has 0 heterocycles. The van der Waals surface area contributed by atoms with E-state index in [2.05, 4.69) is 10.6 Å². The van der Waals surface area contributed by atoms with E-state index in [-0.39, 0.29) is 34.9 Å². The summed E-state index contributed by atoms with van der Waals surface area (Å²) >= 11 is 5.99. The molecule has 7 heteroatoms. The summed E-state index contributed by atoms with van der Waals surface area (Å²) in [5.74, 6) is -1.64. The summed E-state index contributed by atoms with van der Waals surface area (Å²) in [6.07, 6.45) is 0.168. The summed E-state index contributed by atoms with van der Waals surface area (Å²) in [6.45, 7) is 5.87. The van der Waals surface area contributed by atoms with Crippen molar-refractivity contribution in [3.8, 4) is 0 Å². The molecule has 126 valence electrons. The smallest absolute Gasteiger partial charge is 0.305 e. The lowest BCUT2D eigenvalue weighted by Gasteiger charge is -2.17. The Morgan fingerprint density at radius 1 is 1.22 bits per heavy atom. The minimum atomic E-state index is -1.00. The van der Waals surface area contributed by atoms with Gasteiger partial charge in [0.25, 0.3) is 5.91 Å². The minimum Gasteiger partial charge on any atom is -0.481 e. The summed E-state index contributed by atoms with van der Waals surface area (Å²) in [5, 5.41) is 14.0. The monoisotopic (exact) mass is 340 g/mol. The van der Waals surface area contributed by atoms with Crippen LogP contribution in [-0.2, 0) is 9.59 Å². The number of amides is 2. The molecule has 3 N–H and O–H groups in total. The average Bonchev–Trinajstić information content (AvgIpc) is 2.38. The summed E-state index contributed by atoms with van der Waals surface area (Å²) in [5.41, 5.74) is 0.505. The maximum absolute atomic E-state index is 12.0. The van der Waals surface area contributed by atoms with Crippen LogP contribution in [0.25, 0.3) is 0 Å². The Bertz CT molecular complexity index is 609. The Hall–Kier alpha value is -2.08. The van der Waals surface area contributed by atoms with Crippen LogP contribution in [0.2, 0.25) is 5.02 Å². The third kappa shape index (κ3) is 7.15. The SMILES string of the molecule is CC(C)(C)CC(=O)Nc1ccc(Cl)c(C(=O)NCCC(=O)O)c1. The number of carboxylic acid groups (broad SMARTS) is 1. The number of carbonyl (C=O) groups is 3. The van der Waals surface area contributed by atoms with Gasteiger partial charge in [-0.05, 0) is 23.6 Å². The number of halogens is 1. The van der Waals surface area contributed by atoms with Crippen molar-refractivity contribution in [2.75, 3.05) is 11.9 Å². The van der Waals surface area contributed by atoms with Gasteiger partial charge in [0.15, 0.2) is 0 Å². The predicted molar refractivity (Wildman–Crippen MR) is 88.7 cm³/mol. The van der Waals surface area contributed by atoms with Gasteiger partial charge in [-0.3, -0.25) is 14.4 Å². The molecule has 1 aromatic rings. The van der Waals surface area contributed by atoms with Gasteiger partial charge in [-0.2, -0.15) is 0 Å². The van der Waals surface area contributed by atoms with Crippen molar-refractivity contribution in [2.24, 2.45) is 5.41 Å². The molecule has 0 aromatic heterocycles. The highest BCUT2D eigenvalue weighted by Gasteiger charge is 2.17. The largest absolute Gasteiger partial charge is 0.481 e. The topological polar surface area (TPSA) is 95.5 Å². The Morgan fingerprint density at radius 2 is 1.87 bits per heavy atom. The average molecular weight is 341 g/mol. The number of rotatable bonds is 6. The first kappa shape index (κ1) is 19.0. The molecule has 6 nitrogen and oxygen atoms in total. The first-order valence-electron chi connectivity index (χ1n) is 7.18. The molecule has 0 atom stereocenters. The highest BCUT2D eigenvalue weighted by molar-refractivity contribution is 6.34. The fourth-order valence-electron chi connectivity index (χ4n) is 1.84. The third-order valence-electron chi connectivity index (χ3n) is 2.81. The molecule has 0 aliphatic carbocycles. The van der Waals surface area contributed by atoms with Crippen LogP contribution < -0.4 is 10.6 Å². The van der Waals surface area contributed by atoms with Gasteiger partial charge in [0.2, 0.25) is 5.91 Å². The fraction of sp³-hybridized carbons (Fsp3) is 0.438. The zero-order valence-corrected chi connectivity index (χ0v) is 14.2. The Morgan fingerprint density at radius 3 is 2.43 bits per heavy atom. The van der Waals surface area contributed by atoms with Gasteiger partial charge in [-0.1, -0.05) is 32.4 Å². The lowest BCUT2D eigenvalue weighted by atomic mass is 9.92. The van der Waals surface area contributed by atoms with Crippen LogP contribution in [0, 0.1) is 5.41 Å². The molecule has 0 fully saturated rings. The number of carboxylic acids is 1. The Labute approximate surface area is 140 Å². The van der Waals surface area contributed by atoms with Crippen molar-refractivity contribution < 1.29 is 19.5 Å². The van der Waals surface area contributed by atoms with Crippen LogP contribution in [0.4, 0.5) is 5.69 Å².